The zero-order valence-corrected chi connectivity index (χ0v) is 16.3. The minimum atomic E-state index is -0.636. The third-order valence-corrected chi connectivity index (χ3v) is 5.72. The molecule has 0 spiro atoms. The summed E-state index contributed by atoms with van der Waals surface area (Å²) >= 11 is 0. The average Bonchev–Trinajstić information content (AvgIpc) is 2.99. The highest BCUT2D eigenvalue weighted by atomic mass is 16.5. The molecule has 1 amide bonds. The molecule has 1 fully saturated rings. The van der Waals surface area contributed by atoms with Gasteiger partial charge in [-0.05, 0) is 43.4 Å². The van der Waals surface area contributed by atoms with Gasteiger partial charge in [0.25, 0.3) is 5.91 Å². The van der Waals surface area contributed by atoms with Crippen molar-refractivity contribution in [2.24, 2.45) is 11.8 Å². The van der Waals surface area contributed by atoms with Crippen molar-refractivity contribution in [1.29, 1.82) is 0 Å². The van der Waals surface area contributed by atoms with Gasteiger partial charge in [0.15, 0.2) is 6.61 Å². The number of hydrogen-bond acceptors (Lipinski definition) is 5. The third kappa shape index (κ3) is 4.10. The number of nitrogens with one attached hydrogen (secondary N) is 1. The van der Waals surface area contributed by atoms with Crippen molar-refractivity contribution >= 4 is 22.8 Å². The van der Waals surface area contributed by atoms with Crippen molar-refractivity contribution in [3.05, 3.63) is 29.5 Å². The zero-order valence-electron chi connectivity index (χ0n) is 16.3. The van der Waals surface area contributed by atoms with Crippen LogP contribution < -0.4 is 10.1 Å². The Morgan fingerprint density at radius 1 is 1.26 bits per heavy atom. The molecule has 3 unspecified atom stereocenters. The monoisotopic (exact) mass is 373 g/mol. The van der Waals surface area contributed by atoms with Crippen LogP contribution in [0.15, 0.2) is 22.6 Å². The number of esters is 1. The molecule has 1 saturated carbocycles. The first kappa shape index (κ1) is 19.3. The molecule has 1 aromatic heterocycles. The van der Waals surface area contributed by atoms with Gasteiger partial charge in [0.2, 0.25) is 5.76 Å². The molecule has 1 aromatic carbocycles. The minimum absolute atomic E-state index is 0.116. The van der Waals surface area contributed by atoms with E-state index >= 15 is 0 Å². The number of methoxy groups -OCH3 is 1. The first-order chi connectivity index (χ1) is 12.9. The molecule has 1 aliphatic rings. The number of carbonyl (C=O) groups excluding carboxylic acids is 2. The second kappa shape index (κ2) is 8.03. The topological polar surface area (TPSA) is 77.8 Å². The average molecular weight is 373 g/mol. The molecule has 6 nitrogen and oxygen atoms in total. The van der Waals surface area contributed by atoms with Gasteiger partial charge >= 0.3 is 5.97 Å². The lowest BCUT2D eigenvalue weighted by molar-refractivity contribution is -0.125. The smallest absolute Gasteiger partial charge is 0.375 e. The van der Waals surface area contributed by atoms with Gasteiger partial charge in [-0.25, -0.2) is 4.79 Å². The van der Waals surface area contributed by atoms with Crippen LogP contribution in [-0.4, -0.2) is 31.6 Å². The number of ether oxygens (including phenoxy) is 2. The van der Waals surface area contributed by atoms with E-state index in [1.165, 1.54) is 6.42 Å². The summed E-state index contributed by atoms with van der Waals surface area (Å²) in [5, 5.41) is 3.79. The fourth-order valence-corrected chi connectivity index (χ4v) is 3.75. The molecule has 146 valence electrons. The first-order valence-corrected chi connectivity index (χ1v) is 9.44. The number of furan rings is 1. The molecule has 2 aromatic rings. The fourth-order valence-electron chi connectivity index (χ4n) is 3.75. The number of hydrogen-bond donors (Lipinski definition) is 1. The SMILES string of the molecule is COc1ccc2oc(C(=O)OCC(=O)NC3CCCC(C)C3C)c(C)c2c1. The lowest BCUT2D eigenvalue weighted by Crippen LogP contribution is -2.45. The summed E-state index contributed by atoms with van der Waals surface area (Å²) in [5.74, 6) is 0.896. The molecule has 1 aliphatic carbocycles. The predicted molar refractivity (Wildman–Crippen MR) is 102 cm³/mol. The lowest BCUT2D eigenvalue weighted by atomic mass is 9.78. The van der Waals surface area contributed by atoms with Gasteiger partial charge in [0, 0.05) is 17.0 Å². The Morgan fingerprint density at radius 3 is 2.78 bits per heavy atom. The first-order valence-electron chi connectivity index (χ1n) is 9.44. The minimum Gasteiger partial charge on any atom is -0.497 e. The van der Waals surface area contributed by atoms with Gasteiger partial charge in [0.1, 0.15) is 11.3 Å². The summed E-state index contributed by atoms with van der Waals surface area (Å²) in [4.78, 5) is 24.6. The zero-order chi connectivity index (χ0) is 19.6. The van der Waals surface area contributed by atoms with Crippen LogP contribution in [0.4, 0.5) is 0 Å². The standard InChI is InChI=1S/C21H27NO5/c1-12-6-5-7-17(13(12)2)22-19(23)11-26-21(24)20-14(3)16-10-15(25-4)8-9-18(16)27-20/h8-10,12-13,17H,5-7,11H2,1-4H3,(H,22,23). The molecule has 0 bridgehead atoms. The van der Waals surface area contributed by atoms with Gasteiger partial charge < -0.3 is 19.2 Å². The Morgan fingerprint density at radius 2 is 2.04 bits per heavy atom. The van der Waals surface area contributed by atoms with Crippen LogP contribution in [0.25, 0.3) is 11.0 Å². The van der Waals surface area contributed by atoms with Gasteiger partial charge in [-0.1, -0.05) is 26.7 Å². The highest BCUT2D eigenvalue weighted by molar-refractivity contribution is 5.97. The Labute approximate surface area is 159 Å². The van der Waals surface area contributed by atoms with Crippen molar-refractivity contribution in [3.8, 4) is 5.75 Å². The summed E-state index contributed by atoms with van der Waals surface area (Å²) in [6.45, 7) is 5.85. The number of rotatable bonds is 5. The van der Waals surface area contributed by atoms with Gasteiger partial charge in [-0.3, -0.25) is 4.79 Å². The van der Waals surface area contributed by atoms with E-state index in [1.54, 1.807) is 26.2 Å². The highest BCUT2D eigenvalue weighted by Gasteiger charge is 2.28. The van der Waals surface area contributed by atoms with Crippen molar-refractivity contribution in [3.63, 3.8) is 0 Å². The van der Waals surface area contributed by atoms with Crippen LogP contribution in [0.3, 0.4) is 0 Å². The Bertz CT molecular complexity index is 840. The molecule has 3 rings (SSSR count). The van der Waals surface area contributed by atoms with Crippen LogP contribution in [0, 0.1) is 18.8 Å². The van der Waals surface area contributed by atoms with Crippen molar-refractivity contribution in [1.82, 2.24) is 5.32 Å². The summed E-state index contributed by atoms with van der Waals surface area (Å²) < 4.78 is 16.0. The van der Waals surface area contributed by atoms with E-state index in [1.807, 2.05) is 6.07 Å². The van der Waals surface area contributed by atoms with E-state index in [-0.39, 0.29) is 24.3 Å². The molecule has 3 atom stereocenters. The van der Waals surface area contributed by atoms with Crippen molar-refractivity contribution in [2.45, 2.75) is 46.1 Å². The van der Waals surface area contributed by atoms with Crippen LogP contribution >= 0.6 is 0 Å². The maximum Gasteiger partial charge on any atom is 0.375 e. The van der Waals surface area contributed by atoms with E-state index in [0.717, 1.165) is 18.2 Å². The van der Waals surface area contributed by atoms with Gasteiger partial charge in [-0.2, -0.15) is 0 Å². The number of amides is 1. The molecule has 1 heterocycles. The van der Waals surface area contributed by atoms with E-state index < -0.39 is 5.97 Å². The second-order valence-corrected chi connectivity index (χ2v) is 7.44. The van der Waals surface area contributed by atoms with E-state index in [4.69, 9.17) is 13.9 Å². The van der Waals surface area contributed by atoms with Crippen LogP contribution in [0.2, 0.25) is 0 Å². The highest BCUT2D eigenvalue weighted by Crippen LogP contribution is 2.30. The summed E-state index contributed by atoms with van der Waals surface area (Å²) in [7, 11) is 1.58. The predicted octanol–water partition coefficient (Wildman–Crippen LogP) is 3.85. The fraction of sp³-hybridized carbons (Fsp3) is 0.524. The van der Waals surface area contributed by atoms with Gasteiger partial charge in [0.05, 0.1) is 7.11 Å². The summed E-state index contributed by atoms with van der Waals surface area (Å²) in [5.41, 5.74) is 1.25. The summed E-state index contributed by atoms with van der Waals surface area (Å²) in [6, 6.07) is 5.46. The summed E-state index contributed by atoms with van der Waals surface area (Å²) in [6.07, 6.45) is 3.27. The molecule has 1 N–H and O–H groups in total. The van der Waals surface area contributed by atoms with E-state index in [2.05, 4.69) is 19.2 Å². The molecule has 0 saturated heterocycles. The molecular formula is C21H27NO5. The molecular weight excluding hydrogens is 346 g/mol. The number of aryl methyl sites for hydroxylation is 1. The number of carbonyl (C=O) groups is 2. The maximum atomic E-state index is 12.4. The van der Waals surface area contributed by atoms with Crippen molar-refractivity contribution in [2.75, 3.05) is 13.7 Å². The Hall–Kier alpha value is -2.50. The van der Waals surface area contributed by atoms with Crippen LogP contribution in [-0.2, 0) is 9.53 Å². The lowest BCUT2D eigenvalue weighted by Gasteiger charge is -2.34. The molecule has 0 aliphatic heterocycles. The quantitative estimate of drug-likeness (QED) is 0.806. The third-order valence-electron chi connectivity index (χ3n) is 5.72. The number of fused-ring (bicyclic) bond motifs is 1. The molecule has 0 radical (unpaired) electrons. The Kier molecular flexibility index (Phi) is 5.73. The largest absolute Gasteiger partial charge is 0.497 e. The molecule has 27 heavy (non-hydrogen) atoms. The van der Waals surface area contributed by atoms with Crippen LogP contribution in [0.5, 0.6) is 5.75 Å². The molecule has 6 heteroatoms. The van der Waals surface area contributed by atoms with Crippen LogP contribution in [0.1, 0.15) is 49.2 Å². The van der Waals surface area contributed by atoms with E-state index in [0.29, 0.717) is 28.7 Å². The number of benzene rings is 1. The second-order valence-electron chi connectivity index (χ2n) is 7.44. The van der Waals surface area contributed by atoms with Gasteiger partial charge in [-0.15, -0.1) is 0 Å². The van der Waals surface area contributed by atoms with E-state index in [9.17, 15) is 9.59 Å². The van der Waals surface area contributed by atoms with Crippen molar-refractivity contribution < 1.29 is 23.5 Å². The Balaban J connectivity index is 1.61. The maximum absolute atomic E-state index is 12.4. The normalized spacial score (nSPS) is 22.4.